The van der Waals surface area contributed by atoms with Crippen LogP contribution in [0.4, 0.5) is 11.8 Å². The molecule has 1 atom stereocenters. The van der Waals surface area contributed by atoms with E-state index in [1.54, 1.807) is 0 Å². The highest BCUT2D eigenvalue weighted by atomic mass is 32.2. The third-order valence-corrected chi connectivity index (χ3v) is 5.82. The minimum atomic E-state index is -2.94. The summed E-state index contributed by atoms with van der Waals surface area (Å²) in [6.07, 6.45) is 0.593. The lowest BCUT2D eigenvalue weighted by Gasteiger charge is -2.15. The fourth-order valence-electron chi connectivity index (χ4n) is 2.76. The minimum Gasteiger partial charge on any atom is -0.370 e. The van der Waals surface area contributed by atoms with Crippen molar-refractivity contribution in [2.75, 3.05) is 28.7 Å². The van der Waals surface area contributed by atoms with E-state index in [4.69, 9.17) is 0 Å². The average Bonchev–Trinajstić information content (AvgIpc) is 2.92. The smallest absolute Gasteiger partial charge is 0.225 e. The van der Waals surface area contributed by atoms with E-state index >= 15 is 0 Å². The number of sulfone groups is 1. The van der Waals surface area contributed by atoms with Gasteiger partial charge in [-0.3, -0.25) is 0 Å². The summed E-state index contributed by atoms with van der Waals surface area (Å²) in [6.45, 7) is 5.08. The van der Waals surface area contributed by atoms with E-state index in [-0.39, 0.29) is 17.5 Å². The van der Waals surface area contributed by atoms with Gasteiger partial charge in [0.1, 0.15) is 5.82 Å². The van der Waals surface area contributed by atoms with Crippen molar-refractivity contribution < 1.29 is 8.42 Å². The highest BCUT2D eigenvalue weighted by molar-refractivity contribution is 7.91. The van der Waals surface area contributed by atoms with Gasteiger partial charge in [0, 0.05) is 24.2 Å². The first-order valence-electron chi connectivity index (χ1n) is 8.56. The zero-order chi connectivity index (χ0) is 17.9. The lowest BCUT2D eigenvalue weighted by Crippen LogP contribution is -2.22. The predicted octanol–water partition coefficient (Wildman–Crippen LogP) is 2.81. The largest absolute Gasteiger partial charge is 0.370 e. The Hall–Kier alpha value is -2.15. The fraction of sp³-hybridized carbons (Fsp3) is 0.444. The van der Waals surface area contributed by atoms with Gasteiger partial charge in [0.05, 0.1) is 17.2 Å². The fourth-order valence-corrected chi connectivity index (χ4v) is 4.43. The molecule has 2 heterocycles. The van der Waals surface area contributed by atoms with E-state index < -0.39 is 9.84 Å². The van der Waals surface area contributed by atoms with Crippen molar-refractivity contribution in [3.8, 4) is 11.3 Å². The molecule has 1 aromatic carbocycles. The number of hydrogen-bond acceptors (Lipinski definition) is 6. The summed E-state index contributed by atoms with van der Waals surface area (Å²) in [7, 11) is -2.94. The molecule has 0 saturated carbocycles. The maximum absolute atomic E-state index is 11.7. The van der Waals surface area contributed by atoms with Crippen molar-refractivity contribution in [3.63, 3.8) is 0 Å². The van der Waals surface area contributed by atoms with Gasteiger partial charge in [0.15, 0.2) is 9.84 Å². The minimum absolute atomic E-state index is 0.131. The first-order valence-corrected chi connectivity index (χ1v) is 10.4. The molecule has 134 valence electrons. The van der Waals surface area contributed by atoms with Crippen LogP contribution in [0.15, 0.2) is 36.4 Å². The monoisotopic (exact) mass is 360 g/mol. The van der Waals surface area contributed by atoms with Gasteiger partial charge in [-0.25, -0.2) is 13.4 Å². The second-order valence-corrected chi connectivity index (χ2v) is 9.08. The standard InChI is InChI=1S/C18H24N4O2S/c1-13(2)11-19-17-10-16(14-6-4-3-5-7-14)21-18(22-17)20-15-8-9-25(23,24)12-15/h3-7,10,13,15H,8-9,11-12H2,1-2H3,(H2,19,20,21,22). The molecule has 2 N–H and O–H groups in total. The molecule has 0 spiro atoms. The van der Waals surface area contributed by atoms with E-state index in [0.717, 1.165) is 23.6 Å². The summed E-state index contributed by atoms with van der Waals surface area (Å²) in [6, 6.07) is 11.7. The van der Waals surface area contributed by atoms with Crippen LogP contribution in [0.3, 0.4) is 0 Å². The number of nitrogens with zero attached hydrogens (tertiary/aromatic N) is 2. The van der Waals surface area contributed by atoms with Crippen LogP contribution in [-0.4, -0.2) is 42.5 Å². The molecule has 0 amide bonds. The lowest BCUT2D eigenvalue weighted by molar-refractivity contribution is 0.602. The Morgan fingerprint density at radius 3 is 2.60 bits per heavy atom. The Balaban J connectivity index is 1.86. The predicted molar refractivity (Wildman–Crippen MR) is 101 cm³/mol. The zero-order valence-electron chi connectivity index (χ0n) is 14.6. The first kappa shape index (κ1) is 17.7. The summed E-state index contributed by atoms with van der Waals surface area (Å²) in [5.41, 5.74) is 1.81. The Morgan fingerprint density at radius 1 is 1.20 bits per heavy atom. The number of aromatic nitrogens is 2. The van der Waals surface area contributed by atoms with Crippen molar-refractivity contribution in [2.45, 2.75) is 26.3 Å². The lowest BCUT2D eigenvalue weighted by atomic mass is 10.1. The molecule has 1 aliphatic rings. The summed E-state index contributed by atoms with van der Waals surface area (Å²) in [5.74, 6) is 2.06. The van der Waals surface area contributed by atoms with Crippen molar-refractivity contribution in [3.05, 3.63) is 36.4 Å². The molecule has 1 fully saturated rings. The summed E-state index contributed by atoms with van der Waals surface area (Å²) in [4.78, 5) is 9.10. The van der Waals surface area contributed by atoms with Crippen LogP contribution in [0.5, 0.6) is 0 Å². The molecule has 2 aromatic rings. The molecule has 3 rings (SSSR count). The van der Waals surface area contributed by atoms with E-state index in [0.29, 0.717) is 18.3 Å². The van der Waals surface area contributed by atoms with E-state index in [1.807, 2.05) is 36.4 Å². The van der Waals surface area contributed by atoms with Gasteiger partial charge in [-0.1, -0.05) is 44.2 Å². The zero-order valence-corrected chi connectivity index (χ0v) is 15.4. The third kappa shape index (κ3) is 4.92. The van der Waals surface area contributed by atoms with Crippen LogP contribution in [0.2, 0.25) is 0 Å². The molecule has 0 aliphatic carbocycles. The Kier molecular flexibility index (Phi) is 5.22. The van der Waals surface area contributed by atoms with E-state index in [2.05, 4.69) is 34.4 Å². The van der Waals surface area contributed by atoms with Crippen molar-refractivity contribution in [1.82, 2.24) is 9.97 Å². The van der Waals surface area contributed by atoms with Gasteiger partial charge in [-0.2, -0.15) is 4.98 Å². The topological polar surface area (TPSA) is 84.0 Å². The van der Waals surface area contributed by atoms with Gasteiger partial charge in [0.2, 0.25) is 5.95 Å². The number of nitrogens with one attached hydrogen (secondary N) is 2. The Morgan fingerprint density at radius 2 is 1.96 bits per heavy atom. The second-order valence-electron chi connectivity index (χ2n) is 6.85. The van der Waals surface area contributed by atoms with Crippen LogP contribution in [0, 0.1) is 5.92 Å². The van der Waals surface area contributed by atoms with Gasteiger partial charge >= 0.3 is 0 Å². The molecule has 1 unspecified atom stereocenters. The van der Waals surface area contributed by atoms with Crippen LogP contribution in [-0.2, 0) is 9.84 Å². The normalized spacial score (nSPS) is 19.1. The maximum atomic E-state index is 11.7. The molecule has 6 nitrogen and oxygen atoms in total. The first-order chi connectivity index (χ1) is 11.9. The molecular weight excluding hydrogens is 336 g/mol. The number of hydrogen-bond donors (Lipinski definition) is 2. The van der Waals surface area contributed by atoms with Gasteiger partial charge in [-0.15, -0.1) is 0 Å². The molecule has 1 aromatic heterocycles. The average molecular weight is 360 g/mol. The van der Waals surface area contributed by atoms with Gasteiger partial charge < -0.3 is 10.6 Å². The quantitative estimate of drug-likeness (QED) is 0.824. The van der Waals surface area contributed by atoms with Crippen LogP contribution < -0.4 is 10.6 Å². The van der Waals surface area contributed by atoms with Crippen molar-refractivity contribution >= 4 is 21.6 Å². The van der Waals surface area contributed by atoms with Crippen LogP contribution in [0.25, 0.3) is 11.3 Å². The number of anilines is 2. The molecule has 0 radical (unpaired) electrons. The second kappa shape index (κ2) is 7.39. The number of benzene rings is 1. The van der Waals surface area contributed by atoms with Gasteiger partial charge in [0.25, 0.3) is 0 Å². The Bertz CT molecular complexity index is 822. The molecule has 25 heavy (non-hydrogen) atoms. The Labute approximate surface area is 149 Å². The SMILES string of the molecule is CC(C)CNc1cc(-c2ccccc2)nc(NC2CCS(=O)(=O)C2)n1. The summed E-state index contributed by atoms with van der Waals surface area (Å²) >= 11 is 0. The third-order valence-electron chi connectivity index (χ3n) is 4.05. The summed E-state index contributed by atoms with van der Waals surface area (Å²) in [5, 5.41) is 6.52. The summed E-state index contributed by atoms with van der Waals surface area (Å²) < 4.78 is 23.3. The highest BCUT2D eigenvalue weighted by Crippen LogP contribution is 2.23. The van der Waals surface area contributed by atoms with Gasteiger partial charge in [-0.05, 0) is 12.3 Å². The number of rotatable bonds is 6. The maximum Gasteiger partial charge on any atom is 0.225 e. The van der Waals surface area contributed by atoms with Crippen molar-refractivity contribution in [2.24, 2.45) is 5.92 Å². The van der Waals surface area contributed by atoms with E-state index in [9.17, 15) is 8.42 Å². The molecule has 0 bridgehead atoms. The highest BCUT2D eigenvalue weighted by Gasteiger charge is 2.28. The van der Waals surface area contributed by atoms with Crippen molar-refractivity contribution in [1.29, 1.82) is 0 Å². The van der Waals surface area contributed by atoms with Crippen LogP contribution >= 0.6 is 0 Å². The molecule has 1 aliphatic heterocycles. The van der Waals surface area contributed by atoms with Crippen LogP contribution in [0.1, 0.15) is 20.3 Å². The molecule has 7 heteroatoms. The molecular formula is C18H24N4O2S. The molecule has 1 saturated heterocycles. The van der Waals surface area contributed by atoms with E-state index in [1.165, 1.54) is 0 Å².